The summed E-state index contributed by atoms with van der Waals surface area (Å²) in [6, 6.07) is 7.48. The zero-order valence-corrected chi connectivity index (χ0v) is 16.4. The second-order valence-corrected chi connectivity index (χ2v) is 8.57. The largest absolute Gasteiger partial charge is 0.300 e. The Bertz CT molecular complexity index is 866. The molecule has 0 bridgehead atoms. The van der Waals surface area contributed by atoms with E-state index >= 15 is 0 Å². The Balaban J connectivity index is 1.60. The summed E-state index contributed by atoms with van der Waals surface area (Å²) in [5.74, 6) is 1.01. The molecular weight excluding hydrogens is 398 g/mol. The Kier molecular flexibility index (Phi) is 6.35. The van der Waals surface area contributed by atoms with E-state index in [1.165, 1.54) is 23.1 Å². The molecule has 1 aromatic carbocycles. The number of rotatable bonds is 7. The molecule has 0 fully saturated rings. The molecule has 0 radical (unpaired) electrons. The lowest BCUT2D eigenvalue weighted by molar-refractivity contribution is -0.113. The Hall–Kier alpha value is -1.55. The molecular formula is C15H14ClN5OS3. The number of benzene rings is 1. The number of nitrogens with zero attached hydrogens (tertiary/aromatic N) is 4. The van der Waals surface area contributed by atoms with Crippen LogP contribution < -0.4 is 5.32 Å². The maximum Gasteiger partial charge on any atom is 0.236 e. The number of aromatic nitrogens is 4. The van der Waals surface area contributed by atoms with Gasteiger partial charge in [-0.25, -0.2) is 4.98 Å². The van der Waals surface area contributed by atoms with Crippen molar-refractivity contribution < 1.29 is 4.79 Å². The van der Waals surface area contributed by atoms with Gasteiger partial charge in [0, 0.05) is 23.1 Å². The maximum absolute atomic E-state index is 12.1. The van der Waals surface area contributed by atoms with Gasteiger partial charge in [-0.15, -0.1) is 10.2 Å². The van der Waals surface area contributed by atoms with E-state index in [-0.39, 0.29) is 11.7 Å². The first-order valence-corrected chi connectivity index (χ1v) is 10.5. The second-order valence-electron chi connectivity index (χ2n) is 4.70. The summed E-state index contributed by atoms with van der Waals surface area (Å²) in [4.78, 5) is 16.4. The number of carbonyl (C=O) groups excluding carboxylic acids is 1. The molecule has 6 nitrogen and oxygen atoms in total. The predicted octanol–water partition coefficient (Wildman–Crippen LogP) is 4.22. The highest BCUT2D eigenvalue weighted by Gasteiger charge is 2.12. The van der Waals surface area contributed by atoms with Crippen LogP contribution in [0.1, 0.15) is 6.92 Å². The number of anilines is 1. The smallest absolute Gasteiger partial charge is 0.236 e. The quantitative estimate of drug-likeness (QED) is 0.463. The highest BCUT2D eigenvalue weighted by atomic mass is 35.5. The summed E-state index contributed by atoms with van der Waals surface area (Å²) in [5.41, 5.74) is 0.901. The summed E-state index contributed by atoms with van der Waals surface area (Å²) in [5, 5.41) is 12.6. The molecule has 1 N–H and O–H groups in total. The van der Waals surface area contributed by atoms with E-state index in [2.05, 4.69) is 20.5 Å². The van der Waals surface area contributed by atoms with Crippen LogP contribution in [-0.2, 0) is 4.79 Å². The van der Waals surface area contributed by atoms with Crippen LogP contribution in [0.5, 0.6) is 0 Å². The number of carbonyl (C=O) groups is 1. The standard InChI is InChI=1S/C15H14ClN5OS3/c1-2-23-15-20-19-13(25-15)18-12(22)9-24-14-17-6-7-21(14)11-5-3-4-10(16)8-11/h3-8H,2,9H2,1H3,(H,18,19,22). The molecule has 3 rings (SSSR count). The Morgan fingerprint density at radius 2 is 2.24 bits per heavy atom. The van der Waals surface area contributed by atoms with Crippen molar-refractivity contribution in [2.24, 2.45) is 0 Å². The number of amides is 1. The first kappa shape index (κ1) is 18.2. The molecule has 0 aliphatic rings. The minimum absolute atomic E-state index is 0.144. The van der Waals surface area contributed by atoms with Gasteiger partial charge in [0.15, 0.2) is 9.50 Å². The molecule has 130 valence electrons. The Morgan fingerprint density at radius 1 is 1.36 bits per heavy atom. The van der Waals surface area contributed by atoms with Crippen molar-refractivity contribution in [1.29, 1.82) is 0 Å². The van der Waals surface area contributed by atoms with Crippen LogP contribution in [0.4, 0.5) is 5.13 Å². The second kappa shape index (κ2) is 8.70. The fourth-order valence-electron chi connectivity index (χ4n) is 1.95. The van der Waals surface area contributed by atoms with Crippen LogP contribution in [-0.4, -0.2) is 37.2 Å². The lowest BCUT2D eigenvalue weighted by Gasteiger charge is -2.07. The number of thioether (sulfide) groups is 2. The van der Waals surface area contributed by atoms with Crippen molar-refractivity contribution in [3.8, 4) is 5.69 Å². The highest BCUT2D eigenvalue weighted by molar-refractivity contribution is 8.01. The molecule has 1 amide bonds. The van der Waals surface area contributed by atoms with Crippen LogP contribution in [0.15, 0.2) is 46.2 Å². The predicted molar refractivity (Wildman–Crippen MR) is 104 cm³/mol. The van der Waals surface area contributed by atoms with Gasteiger partial charge in [0.05, 0.1) is 5.75 Å². The van der Waals surface area contributed by atoms with Gasteiger partial charge in [0.2, 0.25) is 11.0 Å². The monoisotopic (exact) mass is 411 g/mol. The maximum atomic E-state index is 12.1. The molecule has 0 saturated heterocycles. The van der Waals surface area contributed by atoms with Crippen molar-refractivity contribution in [1.82, 2.24) is 19.7 Å². The number of imidazole rings is 1. The molecule has 0 aliphatic heterocycles. The van der Waals surface area contributed by atoms with Crippen molar-refractivity contribution in [3.05, 3.63) is 41.7 Å². The molecule has 10 heteroatoms. The van der Waals surface area contributed by atoms with Gasteiger partial charge < -0.3 is 0 Å². The van der Waals surface area contributed by atoms with E-state index in [0.29, 0.717) is 10.2 Å². The molecule has 2 heterocycles. The third kappa shape index (κ3) is 4.97. The first-order chi connectivity index (χ1) is 12.2. The lowest BCUT2D eigenvalue weighted by Crippen LogP contribution is -2.14. The van der Waals surface area contributed by atoms with Gasteiger partial charge in [0.1, 0.15) is 0 Å². The molecule has 2 aromatic heterocycles. The minimum Gasteiger partial charge on any atom is -0.300 e. The zero-order valence-electron chi connectivity index (χ0n) is 13.2. The van der Waals surface area contributed by atoms with E-state index in [9.17, 15) is 4.79 Å². The molecule has 0 unspecified atom stereocenters. The van der Waals surface area contributed by atoms with Crippen molar-refractivity contribution in [3.63, 3.8) is 0 Å². The van der Waals surface area contributed by atoms with E-state index in [1.54, 1.807) is 18.0 Å². The Labute approximate surface area is 162 Å². The van der Waals surface area contributed by atoms with Gasteiger partial charge >= 0.3 is 0 Å². The summed E-state index contributed by atoms with van der Waals surface area (Å²) >= 11 is 10.4. The highest BCUT2D eigenvalue weighted by Crippen LogP contribution is 2.26. The van der Waals surface area contributed by atoms with E-state index in [1.807, 2.05) is 42.0 Å². The summed E-state index contributed by atoms with van der Waals surface area (Å²) in [6.07, 6.45) is 3.53. The summed E-state index contributed by atoms with van der Waals surface area (Å²) < 4.78 is 2.74. The van der Waals surface area contributed by atoms with Gasteiger partial charge in [-0.3, -0.25) is 14.7 Å². The van der Waals surface area contributed by atoms with Gasteiger partial charge in [-0.05, 0) is 24.0 Å². The fourth-order valence-corrected chi connectivity index (χ4v) is 4.57. The average molecular weight is 412 g/mol. The third-order valence-electron chi connectivity index (χ3n) is 2.95. The fraction of sp³-hybridized carbons (Fsp3) is 0.200. The molecule has 0 saturated carbocycles. The lowest BCUT2D eigenvalue weighted by atomic mass is 10.3. The summed E-state index contributed by atoms with van der Waals surface area (Å²) in [7, 11) is 0. The minimum atomic E-state index is -0.144. The number of halogens is 1. The number of hydrogen-bond acceptors (Lipinski definition) is 7. The zero-order chi connectivity index (χ0) is 17.6. The number of nitrogens with one attached hydrogen (secondary N) is 1. The number of hydrogen-bond donors (Lipinski definition) is 1. The van der Waals surface area contributed by atoms with Crippen LogP contribution in [0, 0.1) is 0 Å². The van der Waals surface area contributed by atoms with E-state index < -0.39 is 0 Å². The van der Waals surface area contributed by atoms with Crippen LogP contribution in [0.2, 0.25) is 5.02 Å². The van der Waals surface area contributed by atoms with Crippen LogP contribution in [0.25, 0.3) is 5.69 Å². The van der Waals surface area contributed by atoms with Crippen molar-refractivity contribution in [2.45, 2.75) is 16.4 Å². The molecule has 25 heavy (non-hydrogen) atoms. The van der Waals surface area contributed by atoms with Crippen molar-refractivity contribution in [2.75, 3.05) is 16.8 Å². The Morgan fingerprint density at radius 3 is 3.04 bits per heavy atom. The summed E-state index contributed by atoms with van der Waals surface area (Å²) in [6.45, 7) is 2.04. The van der Waals surface area contributed by atoms with E-state index in [4.69, 9.17) is 11.6 Å². The van der Waals surface area contributed by atoms with Gasteiger partial charge in [-0.2, -0.15) is 0 Å². The average Bonchev–Trinajstić information content (AvgIpc) is 3.23. The third-order valence-corrected chi connectivity index (χ3v) is 6.00. The van der Waals surface area contributed by atoms with Crippen molar-refractivity contribution >= 4 is 57.5 Å². The molecule has 3 aromatic rings. The van der Waals surface area contributed by atoms with Gasteiger partial charge in [-0.1, -0.05) is 59.5 Å². The van der Waals surface area contributed by atoms with E-state index in [0.717, 1.165) is 20.9 Å². The molecule has 0 spiro atoms. The van der Waals surface area contributed by atoms with Crippen LogP contribution >= 0.6 is 46.5 Å². The van der Waals surface area contributed by atoms with Gasteiger partial charge in [0.25, 0.3) is 0 Å². The normalized spacial score (nSPS) is 10.8. The topological polar surface area (TPSA) is 72.7 Å². The molecule has 0 atom stereocenters. The first-order valence-electron chi connectivity index (χ1n) is 7.34. The molecule has 0 aliphatic carbocycles. The van der Waals surface area contributed by atoms with Crippen LogP contribution in [0.3, 0.4) is 0 Å². The SMILES string of the molecule is CCSc1nnc(NC(=O)CSc2nccn2-c2cccc(Cl)c2)s1.